The normalized spacial score (nSPS) is 18.9. The SMILES string of the molecule is CNS(=O)(=O)c1cc(NC(C)C2(C)CC2)ccc1C. The first-order valence-electron chi connectivity index (χ1n) is 6.59. The summed E-state index contributed by atoms with van der Waals surface area (Å²) in [5.41, 5.74) is 1.97. The molecule has 1 unspecified atom stereocenters. The predicted octanol–water partition coefficient (Wildman–Crippen LogP) is 2.50. The average Bonchev–Trinajstić information content (AvgIpc) is 3.11. The first-order chi connectivity index (χ1) is 8.78. The van der Waals surface area contributed by atoms with Crippen molar-refractivity contribution in [2.75, 3.05) is 12.4 Å². The van der Waals surface area contributed by atoms with Gasteiger partial charge in [-0.15, -0.1) is 0 Å². The van der Waals surface area contributed by atoms with Crippen molar-refractivity contribution in [3.05, 3.63) is 23.8 Å². The molecule has 2 rings (SSSR count). The van der Waals surface area contributed by atoms with Gasteiger partial charge in [0.15, 0.2) is 0 Å². The first-order valence-corrected chi connectivity index (χ1v) is 8.07. The van der Waals surface area contributed by atoms with Gasteiger partial charge in [-0.2, -0.15) is 0 Å². The summed E-state index contributed by atoms with van der Waals surface area (Å²) in [6.07, 6.45) is 2.46. The van der Waals surface area contributed by atoms with Crippen LogP contribution in [0.2, 0.25) is 0 Å². The number of sulfonamides is 1. The van der Waals surface area contributed by atoms with Crippen LogP contribution in [0.15, 0.2) is 23.1 Å². The van der Waals surface area contributed by atoms with Gasteiger partial charge in [-0.25, -0.2) is 13.1 Å². The highest BCUT2D eigenvalue weighted by Crippen LogP contribution is 2.48. The van der Waals surface area contributed by atoms with Crippen molar-refractivity contribution in [1.29, 1.82) is 0 Å². The monoisotopic (exact) mass is 282 g/mol. The third kappa shape index (κ3) is 2.92. The Morgan fingerprint density at radius 1 is 1.32 bits per heavy atom. The van der Waals surface area contributed by atoms with Crippen LogP contribution in [0.3, 0.4) is 0 Å². The molecule has 2 N–H and O–H groups in total. The lowest BCUT2D eigenvalue weighted by Crippen LogP contribution is -2.25. The van der Waals surface area contributed by atoms with Crippen molar-refractivity contribution in [2.45, 2.75) is 44.6 Å². The number of anilines is 1. The highest BCUT2D eigenvalue weighted by atomic mass is 32.2. The molecule has 0 aromatic heterocycles. The van der Waals surface area contributed by atoms with Gasteiger partial charge < -0.3 is 5.32 Å². The lowest BCUT2D eigenvalue weighted by Gasteiger charge is -2.22. The second kappa shape index (κ2) is 4.80. The summed E-state index contributed by atoms with van der Waals surface area (Å²) in [6, 6.07) is 5.84. The highest BCUT2D eigenvalue weighted by Gasteiger charge is 2.42. The molecule has 0 aliphatic heterocycles. The van der Waals surface area contributed by atoms with E-state index in [1.165, 1.54) is 19.9 Å². The molecule has 19 heavy (non-hydrogen) atoms. The Hall–Kier alpha value is -1.07. The molecule has 5 heteroatoms. The number of hydrogen-bond acceptors (Lipinski definition) is 3. The van der Waals surface area contributed by atoms with Crippen LogP contribution in [0.5, 0.6) is 0 Å². The predicted molar refractivity (Wildman–Crippen MR) is 77.9 cm³/mol. The Labute approximate surface area is 115 Å². The van der Waals surface area contributed by atoms with Crippen molar-refractivity contribution < 1.29 is 8.42 Å². The molecule has 1 aromatic carbocycles. The Morgan fingerprint density at radius 3 is 2.47 bits per heavy atom. The van der Waals surface area contributed by atoms with Crippen molar-refractivity contribution in [3.8, 4) is 0 Å². The van der Waals surface area contributed by atoms with Gasteiger partial charge in [0.25, 0.3) is 0 Å². The fraction of sp³-hybridized carbons (Fsp3) is 0.571. The Kier molecular flexibility index (Phi) is 3.62. The van der Waals surface area contributed by atoms with Gasteiger partial charge in [0, 0.05) is 11.7 Å². The lowest BCUT2D eigenvalue weighted by molar-refractivity contribution is 0.493. The van der Waals surface area contributed by atoms with Crippen LogP contribution in [0.1, 0.15) is 32.3 Å². The molecule has 1 fully saturated rings. The molecular formula is C14H22N2O2S. The van der Waals surface area contributed by atoms with Gasteiger partial charge in [-0.3, -0.25) is 0 Å². The molecule has 1 aliphatic carbocycles. The Bertz CT molecular complexity index is 577. The molecule has 1 saturated carbocycles. The van der Waals surface area contributed by atoms with E-state index in [0.29, 0.717) is 16.4 Å². The van der Waals surface area contributed by atoms with Gasteiger partial charge in [-0.1, -0.05) is 13.0 Å². The van der Waals surface area contributed by atoms with Crippen molar-refractivity contribution in [3.63, 3.8) is 0 Å². The minimum atomic E-state index is -3.40. The average molecular weight is 282 g/mol. The maximum Gasteiger partial charge on any atom is 0.240 e. The summed E-state index contributed by atoms with van der Waals surface area (Å²) in [6.45, 7) is 6.21. The molecule has 0 amide bonds. The van der Waals surface area contributed by atoms with Crippen LogP contribution in [0.25, 0.3) is 0 Å². The van der Waals surface area contributed by atoms with Crippen LogP contribution in [0, 0.1) is 12.3 Å². The summed E-state index contributed by atoms with van der Waals surface area (Å²) in [5, 5.41) is 3.42. The summed E-state index contributed by atoms with van der Waals surface area (Å²) in [5.74, 6) is 0. The van der Waals surface area contributed by atoms with Gasteiger partial charge in [-0.05, 0) is 56.8 Å². The quantitative estimate of drug-likeness (QED) is 0.872. The summed E-state index contributed by atoms with van der Waals surface area (Å²) >= 11 is 0. The van der Waals surface area contributed by atoms with E-state index in [4.69, 9.17) is 0 Å². The smallest absolute Gasteiger partial charge is 0.240 e. The summed E-state index contributed by atoms with van der Waals surface area (Å²) < 4.78 is 26.2. The van der Waals surface area contributed by atoms with Crippen LogP contribution < -0.4 is 10.0 Å². The molecule has 0 bridgehead atoms. The van der Waals surface area contributed by atoms with Gasteiger partial charge in [0.2, 0.25) is 10.0 Å². The fourth-order valence-corrected chi connectivity index (χ4v) is 3.14. The molecule has 0 spiro atoms. The third-order valence-corrected chi connectivity index (χ3v) is 5.77. The maximum absolute atomic E-state index is 11.9. The minimum Gasteiger partial charge on any atom is -0.382 e. The third-order valence-electron chi connectivity index (χ3n) is 4.21. The van der Waals surface area contributed by atoms with E-state index in [0.717, 1.165) is 11.3 Å². The number of nitrogens with one attached hydrogen (secondary N) is 2. The van der Waals surface area contributed by atoms with E-state index >= 15 is 0 Å². The fourth-order valence-electron chi connectivity index (χ4n) is 2.14. The molecule has 1 atom stereocenters. The maximum atomic E-state index is 11.9. The van der Waals surface area contributed by atoms with Crippen LogP contribution in [-0.4, -0.2) is 21.5 Å². The molecule has 1 aromatic rings. The van der Waals surface area contributed by atoms with Gasteiger partial charge >= 0.3 is 0 Å². The zero-order chi connectivity index (χ0) is 14.3. The van der Waals surface area contributed by atoms with E-state index in [1.54, 1.807) is 13.0 Å². The molecule has 4 nitrogen and oxygen atoms in total. The van der Waals surface area contributed by atoms with Gasteiger partial charge in [0.1, 0.15) is 0 Å². The number of rotatable bonds is 5. The van der Waals surface area contributed by atoms with Crippen molar-refractivity contribution >= 4 is 15.7 Å². The van der Waals surface area contributed by atoms with Crippen LogP contribution >= 0.6 is 0 Å². The largest absolute Gasteiger partial charge is 0.382 e. The van der Waals surface area contributed by atoms with Crippen LogP contribution in [-0.2, 0) is 10.0 Å². The highest BCUT2D eigenvalue weighted by molar-refractivity contribution is 7.89. The topological polar surface area (TPSA) is 58.2 Å². The number of aryl methyl sites for hydroxylation is 1. The van der Waals surface area contributed by atoms with Crippen molar-refractivity contribution in [1.82, 2.24) is 4.72 Å². The lowest BCUT2D eigenvalue weighted by atomic mass is 10.0. The second-order valence-corrected chi connectivity index (χ2v) is 7.56. The zero-order valence-corrected chi connectivity index (χ0v) is 12.8. The molecule has 106 valence electrons. The number of hydrogen-bond donors (Lipinski definition) is 2. The molecular weight excluding hydrogens is 260 g/mol. The van der Waals surface area contributed by atoms with E-state index in [1.807, 2.05) is 12.1 Å². The second-order valence-electron chi connectivity index (χ2n) is 5.71. The standard InChI is InChI=1S/C14H22N2O2S/c1-10-5-6-12(9-13(10)19(17,18)15-4)16-11(2)14(3)7-8-14/h5-6,9,11,15-16H,7-8H2,1-4H3. The van der Waals surface area contributed by atoms with E-state index in [9.17, 15) is 8.42 Å². The summed E-state index contributed by atoms with van der Waals surface area (Å²) in [7, 11) is -1.96. The molecule has 1 aliphatic rings. The Morgan fingerprint density at radius 2 is 1.95 bits per heavy atom. The van der Waals surface area contributed by atoms with E-state index < -0.39 is 10.0 Å². The molecule has 0 radical (unpaired) electrons. The summed E-state index contributed by atoms with van der Waals surface area (Å²) in [4.78, 5) is 0.341. The molecule has 0 heterocycles. The van der Waals surface area contributed by atoms with Gasteiger partial charge in [0.05, 0.1) is 4.90 Å². The van der Waals surface area contributed by atoms with E-state index in [-0.39, 0.29) is 0 Å². The first kappa shape index (κ1) is 14.3. The van der Waals surface area contributed by atoms with Crippen molar-refractivity contribution in [2.24, 2.45) is 5.41 Å². The van der Waals surface area contributed by atoms with Crippen LogP contribution in [0.4, 0.5) is 5.69 Å². The number of benzene rings is 1. The molecule has 0 saturated heterocycles. The minimum absolute atomic E-state index is 0.341. The zero-order valence-electron chi connectivity index (χ0n) is 11.9. The van der Waals surface area contributed by atoms with E-state index in [2.05, 4.69) is 23.9 Å². The Balaban J connectivity index is 2.26.